The SMILES string of the molecule is Cc1ccc2cc1CN(C)C(=O)c1ccc(cc1)COCCCn1nnc3c(C)c(ccc31)[C@@H]2CC(=O)O. The number of hydrogen-bond donors (Lipinski definition) is 1. The molecule has 8 rings (SSSR count). The Bertz CT molecular complexity index is 1490. The van der Waals surface area contributed by atoms with Crippen LogP contribution in [0.2, 0.25) is 0 Å². The lowest BCUT2D eigenvalue weighted by atomic mass is 9.84. The molecule has 5 heterocycles. The molecule has 0 spiro atoms. The van der Waals surface area contributed by atoms with E-state index in [4.69, 9.17) is 4.74 Å². The Balaban J connectivity index is 1.59. The van der Waals surface area contributed by atoms with Gasteiger partial charge in [-0.25, -0.2) is 4.68 Å². The molecule has 8 nitrogen and oxygen atoms in total. The second-order valence-electron chi connectivity index (χ2n) is 10.1. The lowest BCUT2D eigenvalue weighted by Gasteiger charge is -2.22. The molecule has 1 atom stereocenters. The van der Waals surface area contributed by atoms with E-state index in [0.717, 1.165) is 50.8 Å². The number of nitrogens with zero attached hydrogens (tertiary/aromatic N) is 4. The van der Waals surface area contributed by atoms with Crippen molar-refractivity contribution in [3.05, 3.63) is 93.5 Å². The van der Waals surface area contributed by atoms with Gasteiger partial charge in [0.25, 0.3) is 5.91 Å². The van der Waals surface area contributed by atoms with Gasteiger partial charge in [-0.2, -0.15) is 0 Å². The molecule has 196 valence electrons. The smallest absolute Gasteiger partial charge is 0.304 e. The molecule has 0 radical (unpaired) electrons. The summed E-state index contributed by atoms with van der Waals surface area (Å²) in [4.78, 5) is 26.8. The van der Waals surface area contributed by atoms with Crippen molar-refractivity contribution < 1.29 is 19.4 Å². The van der Waals surface area contributed by atoms with Crippen LogP contribution in [0.4, 0.5) is 0 Å². The molecule has 0 saturated carbocycles. The van der Waals surface area contributed by atoms with Crippen LogP contribution in [-0.4, -0.2) is 50.5 Å². The maximum atomic E-state index is 13.2. The zero-order valence-electron chi connectivity index (χ0n) is 22.0. The Kier molecular flexibility index (Phi) is 7.24. The van der Waals surface area contributed by atoms with E-state index in [1.807, 2.05) is 73.1 Å². The quantitative estimate of drug-likeness (QED) is 0.413. The predicted molar refractivity (Wildman–Crippen MR) is 144 cm³/mol. The van der Waals surface area contributed by atoms with E-state index in [1.54, 1.807) is 11.9 Å². The fourth-order valence-corrected chi connectivity index (χ4v) is 5.18. The largest absolute Gasteiger partial charge is 0.481 e. The van der Waals surface area contributed by atoms with Gasteiger partial charge in [0, 0.05) is 38.2 Å². The Morgan fingerprint density at radius 2 is 1.89 bits per heavy atom. The fraction of sp³-hybridized carbons (Fsp3) is 0.333. The van der Waals surface area contributed by atoms with Crippen molar-refractivity contribution in [2.45, 2.75) is 52.3 Å². The van der Waals surface area contributed by atoms with Crippen LogP contribution in [0.5, 0.6) is 0 Å². The molecule has 0 unspecified atom stereocenters. The number of benzene rings is 3. The van der Waals surface area contributed by atoms with Gasteiger partial charge in [-0.3, -0.25) is 9.59 Å². The molecule has 0 aliphatic carbocycles. The lowest BCUT2D eigenvalue weighted by Crippen LogP contribution is -2.26. The van der Waals surface area contributed by atoms with Crippen LogP contribution in [0, 0.1) is 13.8 Å². The first-order valence-electron chi connectivity index (χ1n) is 12.9. The molecule has 0 fully saturated rings. The number of rotatable bonds is 2. The molecule has 4 aromatic rings. The normalized spacial score (nSPS) is 16.8. The summed E-state index contributed by atoms with van der Waals surface area (Å²) in [5.41, 5.74) is 8.10. The molecule has 1 amide bonds. The molecule has 4 aliphatic rings. The number of aliphatic carboxylic acids is 1. The third kappa shape index (κ3) is 5.17. The van der Waals surface area contributed by atoms with Gasteiger partial charge in [-0.15, -0.1) is 5.10 Å². The van der Waals surface area contributed by atoms with Crippen molar-refractivity contribution in [3.8, 4) is 0 Å². The average molecular weight is 513 g/mol. The van der Waals surface area contributed by atoms with E-state index in [1.165, 1.54) is 0 Å². The topological polar surface area (TPSA) is 97.5 Å². The van der Waals surface area contributed by atoms with Gasteiger partial charge in [-0.05, 0) is 71.8 Å². The van der Waals surface area contributed by atoms with Gasteiger partial charge in [0.05, 0.1) is 18.5 Å². The summed E-state index contributed by atoms with van der Waals surface area (Å²) >= 11 is 0. The number of carbonyl (C=O) groups excluding carboxylic acids is 1. The maximum absolute atomic E-state index is 13.2. The van der Waals surface area contributed by atoms with Gasteiger partial charge < -0.3 is 14.7 Å². The highest BCUT2D eigenvalue weighted by Gasteiger charge is 2.23. The summed E-state index contributed by atoms with van der Waals surface area (Å²) in [7, 11) is 1.79. The lowest BCUT2D eigenvalue weighted by molar-refractivity contribution is -0.137. The van der Waals surface area contributed by atoms with Crippen molar-refractivity contribution in [2.24, 2.45) is 0 Å². The van der Waals surface area contributed by atoms with Crippen LogP contribution in [0.25, 0.3) is 11.0 Å². The van der Waals surface area contributed by atoms with E-state index in [-0.39, 0.29) is 18.2 Å². The Labute approximate surface area is 221 Å². The Morgan fingerprint density at radius 3 is 2.66 bits per heavy atom. The average Bonchev–Trinajstić information content (AvgIpc) is 3.32. The highest BCUT2D eigenvalue weighted by Crippen LogP contribution is 2.34. The summed E-state index contributed by atoms with van der Waals surface area (Å²) in [5.74, 6) is -1.31. The molecule has 1 N–H and O–H groups in total. The number of aryl methyl sites for hydroxylation is 3. The van der Waals surface area contributed by atoms with Crippen molar-refractivity contribution in [2.75, 3.05) is 13.7 Å². The summed E-state index contributed by atoms with van der Waals surface area (Å²) in [6.07, 6.45) is 0.718. The second kappa shape index (κ2) is 10.8. The van der Waals surface area contributed by atoms with Gasteiger partial charge in [0.2, 0.25) is 0 Å². The molecule has 3 aromatic carbocycles. The first kappa shape index (κ1) is 25.6. The molecule has 38 heavy (non-hydrogen) atoms. The summed E-state index contributed by atoms with van der Waals surface area (Å²) in [6, 6.07) is 17.5. The van der Waals surface area contributed by atoms with E-state index >= 15 is 0 Å². The van der Waals surface area contributed by atoms with Crippen molar-refractivity contribution in [1.82, 2.24) is 19.9 Å². The zero-order chi connectivity index (χ0) is 26.8. The predicted octanol–water partition coefficient (Wildman–Crippen LogP) is 4.85. The molecule has 8 heteroatoms. The Hall–Kier alpha value is -4.04. The number of aromatic nitrogens is 3. The number of ether oxygens (including phenoxy) is 1. The van der Waals surface area contributed by atoms with Crippen LogP contribution >= 0.6 is 0 Å². The van der Waals surface area contributed by atoms with E-state index < -0.39 is 5.97 Å². The Morgan fingerprint density at radius 1 is 1.11 bits per heavy atom. The summed E-state index contributed by atoms with van der Waals surface area (Å²) in [5, 5.41) is 18.6. The molecule has 4 aliphatic heterocycles. The van der Waals surface area contributed by atoms with Gasteiger partial charge >= 0.3 is 5.97 Å². The first-order chi connectivity index (χ1) is 18.3. The third-order valence-corrected chi connectivity index (χ3v) is 7.39. The molecule has 1 aromatic heterocycles. The summed E-state index contributed by atoms with van der Waals surface area (Å²) < 4.78 is 7.74. The van der Waals surface area contributed by atoms with Crippen LogP contribution in [0.3, 0.4) is 0 Å². The highest BCUT2D eigenvalue weighted by atomic mass is 16.5. The first-order valence-corrected chi connectivity index (χ1v) is 12.9. The minimum atomic E-state index is -0.874. The van der Waals surface area contributed by atoms with Gasteiger partial charge in [0.15, 0.2) is 0 Å². The molecular weight excluding hydrogens is 480 g/mol. The van der Waals surface area contributed by atoms with E-state index in [2.05, 4.69) is 10.3 Å². The molecule has 8 bridgehead atoms. The van der Waals surface area contributed by atoms with Gasteiger partial charge in [-0.1, -0.05) is 41.6 Å². The van der Waals surface area contributed by atoms with Crippen LogP contribution < -0.4 is 0 Å². The van der Waals surface area contributed by atoms with Crippen LogP contribution in [-0.2, 0) is 29.2 Å². The van der Waals surface area contributed by atoms with Crippen molar-refractivity contribution >= 4 is 22.9 Å². The third-order valence-electron chi connectivity index (χ3n) is 7.39. The highest BCUT2D eigenvalue weighted by molar-refractivity contribution is 5.94. The number of carbonyl (C=O) groups is 2. The van der Waals surface area contributed by atoms with Crippen molar-refractivity contribution in [1.29, 1.82) is 0 Å². The standard InChI is InChI=1S/C30H32N4O4/c1-19-5-8-23-15-24(19)17-33(3)30(37)22-9-6-21(7-10-22)18-38-14-4-13-34-27-12-11-25(26(23)16-28(35)36)20(2)29(27)31-32-34/h5-12,15,26H,4,13-14,16-18H2,1-3H3,(H,35,36)/t26-/m1/s1. The molecule has 0 saturated heterocycles. The van der Waals surface area contributed by atoms with E-state index in [0.29, 0.717) is 31.9 Å². The van der Waals surface area contributed by atoms with E-state index in [9.17, 15) is 14.7 Å². The van der Waals surface area contributed by atoms with Crippen LogP contribution in [0.15, 0.2) is 54.6 Å². The fourth-order valence-electron chi connectivity index (χ4n) is 5.18. The van der Waals surface area contributed by atoms with Crippen LogP contribution in [0.1, 0.15) is 62.5 Å². The number of amides is 1. The minimum Gasteiger partial charge on any atom is -0.481 e. The summed E-state index contributed by atoms with van der Waals surface area (Å²) in [6.45, 7) is 6.11. The maximum Gasteiger partial charge on any atom is 0.304 e. The number of carboxylic acids is 1. The molecular formula is C30H32N4O4. The monoisotopic (exact) mass is 512 g/mol. The minimum absolute atomic E-state index is 0.0541. The van der Waals surface area contributed by atoms with Crippen molar-refractivity contribution in [3.63, 3.8) is 0 Å². The second-order valence-corrected chi connectivity index (χ2v) is 10.1. The van der Waals surface area contributed by atoms with Gasteiger partial charge in [0.1, 0.15) is 5.52 Å². The number of carboxylic acid groups (broad SMARTS) is 1. The number of hydrogen-bond acceptors (Lipinski definition) is 5. The zero-order valence-corrected chi connectivity index (χ0v) is 22.0.